The van der Waals surface area contributed by atoms with Crippen molar-refractivity contribution in [3.05, 3.63) is 27.1 Å². The van der Waals surface area contributed by atoms with Crippen molar-refractivity contribution < 1.29 is 29.0 Å². The van der Waals surface area contributed by atoms with Crippen LogP contribution in [0.5, 0.6) is 0 Å². The highest BCUT2D eigenvalue weighted by atomic mass is 79.9. The highest BCUT2D eigenvalue weighted by Crippen LogP contribution is 2.40. The molecule has 0 radical (unpaired) electrons. The number of thioether (sulfide) groups is 1. The fourth-order valence-electron chi connectivity index (χ4n) is 3.33. The van der Waals surface area contributed by atoms with Crippen LogP contribution in [0.15, 0.2) is 15.7 Å². The summed E-state index contributed by atoms with van der Waals surface area (Å²) in [5.41, 5.74) is 1.91. The van der Waals surface area contributed by atoms with Gasteiger partial charge in [0, 0.05) is 30.4 Å². The fraction of sp³-hybridized carbons (Fsp3) is 0.500. The molecule has 3 rings (SSSR count). The lowest BCUT2D eigenvalue weighted by Gasteiger charge is -2.49. The Morgan fingerprint density at radius 2 is 2.07 bits per heavy atom. The van der Waals surface area contributed by atoms with Gasteiger partial charge in [-0.1, -0.05) is 0 Å². The number of aryl methyl sites for hydroxylation is 2. The third-order valence-corrected chi connectivity index (χ3v) is 7.35. The predicted octanol–water partition coefficient (Wildman–Crippen LogP) is 0.954. The van der Waals surface area contributed by atoms with Crippen molar-refractivity contribution in [3.8, 4) is 0 Å². The van der Waals surface area contributed by atoms with Gasteiger partial charge in [-0.15, -0.1) is 11.8 Å². The molecule has 1 aromatic heterocycles. The van der Waals surface area contributed by atoms with Gasteiger partial charge in [-0.3, -0.25) is 24.0 Å². The molecule has 2 atom stereocenters. The summed E-state index contributed by atoms with van der Waals surface area (Å²) in [6.45, 7) is 5.15. The second-order valence-corrected chi connectivity index (χ2v) is 8.85. The van der Waals surface area contributed by atoms with Crippen LogP contribution in [0.3, 0.4) is 0 Å². The monoisotopic (exact) mass is 500 g/mol. The Kier molecular flexibility index (Phi) is 6.56. The summed E-state index contributed by atoms with van der Waals surface area (Å²) in [6, 6.07) is -0.792. The molecule has 0 aromatic carbocycles. The number of nitrogens with one attached hydrogen (secondary N) is 1. The van der Waals surface area contributed by atoms with Crippen LogP contribution in [-0.2, 0) is 30.5 Å². The van der Waals surface area contributed by atoms with Gasteiger partial charge in [0.2, 0.25) is 5.91 Å². The molecular formula is C18H21BrN4O6S. The lowest BCUT2D eigenvalue weighted by molar-refractivity contribution is -0.151. The first kappa shape index (κ1) is 22.3. The molecule has 0 unspecified atom stereocenters. The molecule has 2 N–H and O–H groups in total. The van der Waals surface area contributed by atoms with E-state index < -0.39 is 29.3 Å². The highest BCUT2D eigenvalue weighted by molar-refractivity contribution is 9.10. The van der Waals surface area contributed by atoms with Crippen LogP contribution in [0, 0.1) is 13.8 Å². The molecule has 2 aliphatic heterocycles. The van der Waals surface area contributed by atoms with Gasteiger partial charge < -0.3 is 15.2 Å². The van der Waals surface area contributed by atoms with Gasteiger partial charge >= 0.3 is 11.9 Å². The van der Waals surface area contributed by atoms with E-state index in [1.165, 1.54) is 18.7 Å². The largest absolute Gasteiger partial charge is 0.477 e. The highest BCUT2D eigenvalue weighted by Gasteiger charge is 2.54. The zero-order valence-electron chi connectivity index (χ0n) is 16.6. The maximum absolute atomic E-state index is 12.6. The van der Waals surface area contributed by atoms with E-state index in [2.05, 4.69) is 26.3 Å². The number of aliphatic carboxylic acids is 1. The van der Waals surface area contributed by atoms with Crippen LogP contribution in [-0.4, -0.2) is 67.3 Å². The van der Waals surface area contributed by atoms with E-state index in [0.29, 0.717) is 12.1 Å². The van der Waals surface area contributed by atoms with Gasteiger partial charge in [0.1, 0.15) is 23.7 Å². The molecule has 162 valence electrons. The molecule has 1 aromatic rings. The zero-order valence-corrected chi connectivity index (χ0v) is 19.0. The fourth-order valence-corrected chi connectivity index (χ4v) is 4.94. The summed E-state index contributed by atoms with van der Waals surface area (Å²) >= 11 is 4.76. The molecule has 0 saturated carbocycles. The average Bonchev–Trinajstić information content (AvgIpc) is 2.94. The molecule has 2 aliphatic rings. The molecule has 2 amide bonds. The summed E-state index contributed by atoms with van der Waals surface area (Å²) in [4.78, 5) is 48.8. The first-order chi connectivity index (χ1) is 14.1. The summed E-state index contributed by atoms with van der Waals surface area (Å²) < 4.78 is 7.51. The van der Waals surface area contributed by atoms with Crippen molar-refractivity contribution in [2.24, 2.45) is 0 Å². The Balaban J connectivity index is 1.63. The van der Waals surface area contributed by atoms with Crippen LogP contribution in [0.25, 0.3) is 0 Å². The van der Waals surface area contributed by atoms with Gasteiger partial charge in [0.15, 0.2) is 0 Å². The van der Waals surface area contributed by atoms with E-state index in [9.17, 15) is 24.3 Å². The minimum Gasteiger partial charge on any atom is -0.477 e. The number of nitrogens with zero attached hydrogens (tertiary/aromatic N) is 3. The molecule has 1 fully saturated rings. The van der Waals surface area contributed by atoms with Gasteiger partial charge in [0.05, 0.1) is 16.7 Å². The number of ether oxygens (including phenoxy) is 1. The van der Waals surface area contributed by atoms with Gasteiger partial charge in [-0.2, -0.15) is 5.10 Å². The van der Waals surface area contributed by atoms with E-state index in [4.69, 9.17) is 4.74 Å². The maximum atomic E-state index is 12.6. The number of carboxylic acids is 1. The lowest BCUT2D eigenvalue weighted by atomic mass is 10.0. The number of aromatic nitrogens is 2. The number of halogens is 1. The van der Waals surface area contributed by atoms with Crippen LogP contribution >= 0.6 is 27.7 Å². The predicted molar refractivity (Wildman–Crippen MR) is 110 cm³/mol. The molecule has 0 spiro atoms. The van der Waals surface area contributed by atoms with Crippen molar-refractivity contribution in [2.75, 3.05) is 12.4 Å². The SMILES string of the molecule is CC(=O)OCC1=C(C(=O)O)N2C(=O)[C@@H](NC(=O)CCn3nc(C)c(Br)c3C)[C@@H]2SC1. The van der Waals surface area contributed by atoms with E-state index in [-0.39, 0.29) is 30.4 Å². The number of fused-ring (bicyclic) bond motifs is 1. The van der Waals surface area contributed by atoms with Crippen LogP contribution in [0.1, 0.15) is 24.7 Å². The molecular weight excluding hydrogens is 480 g/mol. The number of esters is 1. The zero-order chi connectivity index (χ0) is 22.2. The van der Waals surface area contributed by atoms with Crippen molar-refractivity contribution in [2.45, 2.75) is 45.2 Å². The molecule has 30 heavy (non-hydrogen) atoms. The minimum atomic E-state index is -1.27. The van der Waals surface area contributed by atoms with Crippen molar-refractivity contribution in [1.82, 2.24) is 20.0 Å². The smallest absolute Gasteiger partial charge is 0.352 e. The number of β-lactam (4-membered cyclic amide) rings is 1. The summed E-state index contributed by atoms with van der Waals surface area (Å²) in [5.74, 6) is -2.32. The first-order valence-electron chi connectivity index (χ1n) is 9.14. The summed E-state index contributed by atoms with van der Waals surface area (Å²) in [6.07, 6.45) is 0.134. The van der Waals surface area contributed by atoms with Crippen LogP contribution < -0.4 is 5.32 Å². The minimum absolute atomic E-state index is 0.134. The van der Waals surface area contributed by atoms with Crippen molar-refractivity contribution >= 4 is 51.4 Å². The molecule has 3 heterocycles. The normalized spacial score (nSPS) is 20.5. The summed E-state index contributed by atoms with van der Waals surface area (Å²) in [5, 5.41) is 16.1. The maximum Gasteiger partial charge on any atom is 0.352 e. The Bertz CT molecular complexity index is 959. The Hall–Kier alpha value is -2.34. The molecule has 10 nitrogen and oxygen atoms in total. The average molecular weight is 501 g/mol. The number of hydrogen-bond acceptors (Lipinski definition) is 7. The van der Waals surface area contributed by atoms with E-state index >= 15 is 0 Å². The van der Waals surface area contributed by atoms with E-state index in [0.717, 1.165) is 20.8 Å². The number of amides is 2. The Labute approximate surface area is 185 Å². The van der Waals surface area contributed by atoms with Crippen molar-refractivity contribution in [1.29, 1.82) is 0 Å². The number of carbonyl (C=O) groups excluding carboxylic acids is 3. The van der Waals surface area contributed by atoms with E-state index in [1.807, 2.05) is 13.8 Å². The third-order valence-electron chi connectivity index (χ3n) is 4.86. The molecule has 0 bridgehead atoms. The van der Waals surface area contributed by atoms with Crippen molar-refractivity contribution in [3.63, 3.8) is 0 Å². The van der Waals surface area contributed by atoms with E-state index in [1.54, 1.807) is 4.68 Å². The number of hydrogen-bond donors (Lipinski definition) is 2. The van der Waals surface area contributed by atoms with Gasteiger partial charge in [-0.05, 0) is 29.8 Å². The standard InChI is InChI=1S/C18H21BrN4O6S/c1-8-13(19)9(2)22(21-8)5-4-12(25)20-14-16(26)23-15(18(27)28)11(6-29-10(3)24)7-30-17(14)23/h14,17H,4-7H2,1-3H3,(H,20,25)(H,27,28)/t14-,17+/m1/s1. The summed E-state index contributed by atoms with van der Waals surface area (Å²) in [7, 11) is 0. The number of rotatable bonds is 7. The van der Waals surface area contributed by atoms with Crippen LogP contribution in [0.2, 0.25) is 0 Å². The Morgan fingerprint density at radius 1 is 1.37 bits per heavy atom. The second-order valence-electron chi connectivity index (χ2n) is 6.95. The number of carbonyl (C=O) groups is 4. The molecule has 1 saturated heterocycles. The van der Waals surface area contributed by atoms with Gasteiger partial charge in [-0.25, -0.2) is 4.79 Å². The first-order valence-corrected chi connectivity index (χ1v) is 11.0. The topological polar surface area (TPSA) is 131 Å². The molecule has 12 heteroatoms. The molecule has 0 aliphatic carbocycles. The third kappa shape index (κ3) is 4.24. The quantitative estimate of drug-likeness (QED) is 0.417. The Morgan fingerprint density at radius 3 is 2.63 bits per heavy atom. The number of carboxylic acid groups (broad SMARTS) is 1. The second kappa shape index (κ2) is 8.80. The van der Waals surface area contributed by atoms with Gasteiger partial charge in [0.25, 0.3) is 5.91 Å². The lowest BCUT2D eigenvalue weighted by Crippen LogP contribution is -2.70. The van der Waals surface area contributed by atoms with Crippen LogP contribution in [0.4, 0.5) is 0 Å².